The average Bonchev–Trinajstić information content (AvgIpc) is 2.30. The van der Waals surface area contributed by atoms with Gasteiger partial charge >= 0.3 is 5.97 Å². The van der Waals surface area contributed by atoms with E-state index in [2.05, 4.69) is 0 Å². The van der Waals surface area contributed by atoms with Gasteiger partial charge in [0.2, 0.25) is 10.0 Å². The van der Waals surface area contributed by atoms with Crippen LogP contribution in [0.1, 0.15) is 12.5 Å². The van der Waals surface area contributed by atoms with Gasteiger partial charge in [0, 0.05) is 7.05 Å². The van der Waals surface area contributed by atoms with Gasteiger partial charge in [0.15, 0.2) is 0 Å². The van der Waals surface area contributed by atoms with Crippen molar-refractivity contribution in [3.8, 4) is 0 Å². The minimum absolute atomic E-state index is 0.187. The summed E-state index contributed by atoms with van der Waals surface area (Å²) in [5.41, 5.74) is 0.187. The van der Waals surface area contributed by atoms with Gasteiger partial charge in [0.25, 0.3) is 0 Å². The normalized spacial score (nSPS) is 13.6. The van der Waals surface area contributed by atoms with Gasteiger partial charge < -0.3 is 5.11 Å². The first-order valence-corrected chi connectivity index (χ1v) is 6.59. The Morgan fingerprint density at radius 3 is 2.50 bits per heavy atom. The third-order valence-electron chi connectivity index (χ3n) is 2.72. The van der Waals surface area contributed by atoms with Crippen molar-refractivity contribution >= 4 is 16.0 Å². The molecule has 0 fully saturated rings. The molecule has 1 unspecified atom stereocenters. The van der Waals surface area contributed by atoms with Crippen molar-refractivity contribution in [3.63, 3.8) is 0 Å². The second kappa shape index (κ2) is 5.03. The number of hydrogen-bond donors (Lipinski definition) is 1. The van der Waals surface area contributed by atoms with Crippen LogP contribution in [0, 0.1) is 12.7 Å². The van der Waals surface area contributed by atoms with Crippen LogP contribution in [0.2, 0.25) is 0 Å². The lowest BCUT2D eigenvalue weighted by Gasteiger charge is -2.21. The Bertz CT molecular complexity index is 570. The Hall–Kier alpha value is -1.47. The molecule has 1 aromatic rings. The minimum Gasteiger partial charge on any atom is -0.480 e. The Labute approximate surface area is 105 Å². The molecule has 1 aromatic carbocycles. The fourth-order valence-corrected chi connectivity index (χ4v) is 2.79. The molecule has 1 N–H and O–H groups in total. The van der Waals surface area contributed by atoms with E-state index in [0.717, 1.165) is 13.1 Å². The number of aliphatic carboxylic acids is 1. The van der Waals surface area contributed by atoms with Crippen LogP contribution in [-0.2, 0) is 14.8 Å². The molecular weight excluding hydrogens is 261 g/mol. The number of sulfonamides is 1. The number of hydrogen-bond acceptors (Lipinski definition) is 3. The van der Waals surface area contributed by atoms with Crippen molar-refractivity contribution < 1.29 is 22.7 Å². The smallest absolute Gasteiger partial charge is 0.321 e. The number of nitrogens with zero attached hydrogens (tertiary/aromatic N) is 1. The van der Waals surface area contributed by atoms with Crippen molar-refractivity contribution in [3.05, 3.63) is 29.6 Å². The molecule has 0 radical (unpaired) electrons. The van der Waals surface area contributed by atoms with Crippen molar-refractivity contribution in [2.24, 2.45) is 0 Å². The largest absolute Gasteiger partial charge is 0.480 e. The molecule has 0 spiro atoms. The first-order chi connectivity index (χ1) is 8.19. The van der Waals surface area contributed by atoms with E-state index in [0.29, 0.717) is 4.31 Å². The van der Waals surface area contributed by atoms with Gasteiger partial charge in [0.1, 0.15) is 16.8 Å². The molecule has 0 aromatic heterocycles. The monoisotopic (exact) mass is 275 g/mol. The van der Waals surface area contributed by atoms with Gasteiger partial charge in [-0.25, -0.2) is 12.8 Å². The van der Waals surface area contributed by atoms with Crippen molar-refractivity contribution in [2.45, 2.75) is 24.8 Å². The lowest BCUT2D eigenvalue weighted by atomic mass is 10.2. The van der Waals surface area contributed by atoms with Gasteiger partial charge in [-0.15, -0.1) is 0 Å². The highest BCUT2D eigenvalue weighted by atomic mass is 32.2. The summed E-state index contributed by atoms with van der Waals surface area (Å²) in [5.74, 6) is -2.16. The summed E-state index contributed by atoms with van der Waals surface area (Å²) < 4.78 is 38.5. The summed E-state index contributed by atoms with van der Waals surface area (Å²) in [7, 11) is -3.05. The maximum absolute atomic E-state index is 13.8. The van der Waals surface area contributed by atoms with Gasteiger partial charge in [-0.3, -0.25) is 4.79 Å². The number of aryl methyl sites for hydroxylation is 1. The lowest BCUT2D eigenvalue weighted by molar-refractivity contribution is -0.140. The number of carboxylic acids is 1. The van der Waals surface area contributed by atoms with Gasteiger partial charge in [-0.2, -0.15) is 4.31 Å². The highest BCUT2D eigenvalue weighted by Gasteiger charge is 2.31. The number of benzene rings is 1. The number of carbonyl (C=O) groups is 1. The zero-order chi connectivity index (χ0) is 14.1. The number of rotatable bonds is 4. The Balaban J connectivity index is 3.30. The van der Waals surface area contributed by atoms with Crippen LogP contribution in [0.25, 0.3) is 0 Å². The molecule has 100 valence electrons. The lowest BCUT2D eigenvalue weighted by Crippen LogP contribution is -2.40. The van der Waals surface area contributed by atoms with E-state index in [1.807, 2.05) is 0 Å². The fourth-order valence-electron chi connectivity index (χ4n) is 1.34. The van der Waals surface area contributed by atoms with Gasteiger partial charge in [-0.1, -0.05) is 12.1 Å². The fraction of sp³-hybridized carbons (Fsp3) is 0.364. The Morgan fingerprint density at radius 2 is 2.00 bits per heavy atom. The van der Waals surface area contributed by atoms with Crippen LogP contribution in [0.5, 0.6) is 0 Å². The van der Waals surface area contributed by atoms with E-state index in [9.17, 15) is 17.6 Å². The number of carboxylic acid groups (broad SMARTS) is 1. The molecule has 0 saturated carbocycles. The van der Waals surface area contributed by atoms with Gasteiger partial charge in [0.05, 0.1) is 0 Å². The summed E-state index contributed by atoms with van der Waals surface area (Å²) in [6.45, 7) is 2.66. The third kappa shape index (κ3) is 2.51. The predicted octanol–water partition coefficient (Wildman–Crippen LogP) is 1.23. The second-order valence-electron chi connectivity index (χ2n) is 3.92. The summed E-state index contributed by atoms with van der Waals surface area (Å²) >= 11 is 0. The summed E-state index contributed by atoms with van der Waals surface area (Å²) in [5, 5.41) is 8.79. The zero-order valence-electron chi connectivity index (χ0n) is 10.2. The number of halogens is 1. The quantitative estimate of drug-likeness (QED) is 0.896. The van der Waals surface area contributed by atoms with Crippen molar-refractivity contribution in [1.82, 2.24) is 4.31 Å². The third-order valence-corrected chi connectivity index (χ3v) is 4.66. The van der Waals surface area contributed by atoms with E-state index in [4.69, 9.17) is 5.11 Å². The highest BCUT2D eigenvalue weighted by Crippen LogP contribution is 2.21. The summed E-state index contributed by atoms with van der Waals surface area (Å²) in [4.78, 5) is 10.3. The Kier molecular flexibility index (Phi) is 4.08. The maximum Gasteiger partial charge on any atom is 0.321 e. The molecule has 1 rings (SSSR count). The standard InChI is InChI=1S/C11H14FNO4S/c1-7-5-4-6-9(10(7)12)18(16,17)13(3)8(2)11(14)15/h4-6,8H,1-3H3,(H,14,15). The molecule has 0 heterocycles. The van der Waals surface area contributed by atoms with Crippen LogP contribution in [0.3, 0.4) is 0 Å². The van der Waals surface area contributed by atoms with Crippen LogP contribution >= 0.6 is 0 Å². The first-order valence-electron chi connectivity index (χ1n) is 5.15. The van der Waals surface area contributed by atoms with Crippen molar-refractivity contribution in [1.29, 1.82) is 0 Å². The van der Waals surface area contributed by atoms with E-state index >= 15 is 0 Å². The van der Waals surface area contributed by atoms with Crippen LogP contribution in [0.15, 0.2) is 23.1 Å². The molecule has 0 aliphatic heterocycles. The molecule has 0 bridgehead atoms. The molecule has 0 amide bonds. The molecule has 18 heavy (non-hydrogen) atoms. The maximum atomic E-state index is 13.8. The van der Waals surface area contributed by atoms with E-state index in [-0.39, 0.29) is 5.56 Å². The molecule has 0 saturated heterocycles. The predicted molar refractivity (Wildman–Crippen MR) is 63.2 cm³/mol. The molecule has 7 heteroatoms. The molecule has 0 aliphatic rings. The van der Waals surface area contributed by atoms with Crippen LogP contribution in [-0.4, -0.2) is 36.9 Å². The second-order valence-corrected chi connectivity index (χ2v) is 5.89. The molecule has 1 atom stereocenters. The Morgan fingerprint density at radius 1 is 1.44 bits per heavy atom. The zero-order valence-corrected chi connectivity index (χ0v) is 11.0. The van der Waals surface area contributed by atoms with Crippen LogP contribution < -0.4 is 0 Å². The molecule has 0 aliphatic carbocycles. The van der Waals surface area contributed by atoms with E-state index < -0.39 is 32.7 Å². The number of likely N-dealkylation sites (N-methyl/N-ethyl adjacent to an activating group) is 1. The summed E-state index contributed by atoms with van der Waals surface area (Å²) in [6, 6.07) is 2.69. The highest BCUT2D eigenvalue weighted by molar-refractivity contribution is 7.89. The topological polar surface area (TPSA) is 74.7 Å². The average molecular weight is 275 g/mol. The SMILES string of the molecule is Cc1cccc(S(=O)(=O)N(C)C(C)C(=O)O)c1F. The van der Waals surface area contributed by atoms with E-state index in [1.54, 1.807) is 0 Å². The minimum atomic E-state index is -4.16. The summed E-state index contributed by atoms with van der Waals surface area (Å²) in [6.07, 6.45) is 0. The first kappa shape index (κ1) is 14.6. The molecule has 5 nitrogen and oxygen atoms in total. The van der Waals surface area contributed by atoms with Crippen LogP contribution in [0.4, 0.5) is 4.39 Å². The van der Waals surface area contributed by atoms with Gasteiger partial charge in [-0.05, 0) is 25.5 Å². The van der Waals surface area contributed by atoms with Crippen molar-refractivity contribution in [2.75, 3.05) is 7.05 Å². The molecular formula is C11H14FNO4S. The van der Waals surface area contributed by atoms with E-state index in [1.165, 1.54) is 26.0 Å².